The van der Waals surface area contributed by atoms with Crippen LogP contribution in [-0.4, -0.2) is 23.0 Å². The van der Waals surface area contributed by atoms with E-state index in [1.807, 2.05) is 61.5 Å². The van der Waals surface area contributed by atoms with Crippen LogP contribution in [0.1, 0.15) is 24.1 Å². The lowest BCUT2D eigenvalue weighted by Crippen LogP contribution is -2.18. The Labute approximate surface area is 191 Å². The normalized spacial score (nSPS) is 12.5. The Kier molecular flexibility index (Phi) is 5.04. The largest absolute Gasteiger partial charge is 0.302 e. The summed E-state index contributed by atoms with van der Waals surface area (Å²) in [6, 6.07) is 26.9. The van der Waals surface area contributed by atoms with Crippen LogP contribution >= 0.6 is 0 Å². The molecule has 0 amide bonds. The molecule has 0 radical (unpaired) electrons. The van der Waals surface area contributed by atoms with E-state index in [2.05, 4.69) is 15.8 Å². The zero-order chi connectivity index (χ0) is 23.0. The molecule has 0 bridgehead atoms. The van der Waals surface area contributed by atoms with Crippen LogP contribution in [0.2, 0.25) is 0 Å². The minimum atomic E-state index is -3.96. The first-order valence-corrected chi connectivity index (χ1v) is 11.8. The summed E-state index contributed by atoms with van der Waals surface area (Å²) in [5.74, 6) is 0.142. The van der Waals surface area contributed by atoms with Gasteiger partial charge in [-0.1, -0.05) is 60.7 Å². The maximum Gasteiger partial charge on any atom is 0.263 e. The predicted molar refractivity (Wildman–Crippen MR) is 127 cm³/mol. The number of anilines is 1. The summed E-state index contributed by atoms with van der Waals surface area (Å²) in [5.41, 5.74) is 3.14. The lowest BCUT2D eigenvalue weighted by Gasteiger charge is -2.19. The number of fused-ring (bicyclic) bond motifs is 2. The summed E-state index contributed by atoms with van der Waals surface area (Å²) >= 11 is 0. The lowest BCUT2D eigenvalue weighted by molar-refractivity contribution is 0.599. The summed E-state index contributed by atoms with van der Waals surface area (Å²) in [6.07, 6.45) is 0. The van der Waals surface area contributed by atoms with E-state index in [1.54, 1.807) is 22.8 Å². The zero-order valence-corrected chi connectivity index (χ0v) is 18.5. The fourth-order valence-electron chi connectivity index (χ4n) is 3.91. The number of hydrogen-bond donors (Lipinski definition) is 1. The molecule has 7 nitrogen and oxygen atoms in total. The van der Waals surface area contributed by atoms with Gasteiger partial charge in [-0.3, -0.25) is 4.72 Å². The highest BCUT2D eigenvalue weighted by atomic mass is 32.2. The van der Waals surface area contributed by atoms with E-state index in [-0.39, 0.29) is 22.3 Å². The Morgan fingerprint density at radius 1 is 0.879 bits per heavy atom. The van der Waals surface area contributed by atoms with Gasteiger partial charge in [0, 0.05) is 0 Å². The van der Waals surface area contributed by atoms with Crippen molar-refractivity contribution in [1.82, 2.24) is 14.5 Å². The van der Waals surface area contributed by atoms with E-state index in [4.69, 9.17) is 4.98 Å². The zero-order valence-electron chi connectivity index (χ0n) is 17.7. The maximum absolute atomic E-state index is 13.2. The van der Waals surface area contributed by atoms with Gasteiger partial charge in [-0.25, -0.2) is 18.4 Å². The number of rotatable bonds is 5. The molecule has 0 spiro atoms. The smallest absolute Gasteiger partial charge is 0.263 e. The van der Waals surface area contributed by atoms with Crippen LogP contribution < -0.4 is 4.72 Å². The molecule has 0 aliphatic rings. The van der Waals surface area contributed by atoms with Crippen molar-refractivity contribution < 1.29 is 8.42 Å². The average molecular weight is 454 g/mol. The number of hydrogen-bond acceptors (Lipinski definition) is 5. The number of nitrogens with zero attached hydrogens (tertiary/aromatic N) is 4. The third-order valence-electron chi connectivity index (χ3n) is 5.56. The van der Waals surface area contributed by atoms with Gasteiger partial charge in [0.15, 0.2) is 5.65 Å². The highest BCUT2D eigenvalue weighted by molar-refractivity contribution is 7.92. The number of aromatic nitrogens is 3. The van der Waals surface area contributed by atoms with Gasteiger partial charge >= 0.3 is 0 Å². The van der Waals surface area contributed by atoms with Crippen LogP contribution in [0.4, 0.5) is 5.82 Å². The monoisotopic (exact) mass is 453 g/mol. The van der Waals surface area contributed by atoms with E-state index in [0.717, 1.165) is 5.56 Å². The van der Waals surface area contributed by atoms with Crippen LogP contribution in [0.5, 0.6) is 0 Å². The molecule has 2 aromatic heterocycles. The van der Waals surface area contributed by atoms with Crippen LogP contribution in [-0.2, 0) is 10.0 Å². The topological polar surface area (TPSA) is 101 Å². The van der Waals surface area contributed by atoms with Gasteiger partial charge < -0.3 is 4.57 Å². The van der Waals surface area contributed by atoms with Gasteiger partial charge in [-0.05, 0) is 36.8 Å². The molecule has 8 heteroatoms. The van der Waals surface area contributed by atoms with Crippen molar-refractivity contribution >= 4 is 38.0 Å². The van der Waals surface area contributed by atoms with E-state index in [9.17, 15) is 13.7 Å². The van der Waals surface area contributed by atoms with Gasteiger partial charge in [0.25, 0.3) is 10.0 Å². The molecule has 0 saturated heterocycles. The molecule has 0 aliphatic carbocycles. The quantitative estimate of drug-likeness (QED) is 0.409. The number of para-hydroxylation sites is 2. The molecule has 5 aromatic rings. The highest BCUT2D eigenvalue weighted by Gasteiger charge is 2.28. The number of nitrogens with one attached hydrogen (secondary N) is 1. The fourth-order valence-corrected chi connectivity index (χ4v) is 5.00. The minimum absolute atomic E-state index is 0.101. The van der Waals surface area contributed by atoms with Crippen molar-refractivity contribution in [3.63, 3.8) is 0 Å². The van der Waals surface area contributed by atoms with Gasteiger partial charge in [-0.2, -0.15) is 5.26 Å². The second-order valence-corrected chi connectivity index (χ2v) is 9.28. The molecule has 3 aromatic carbocycles. The summed E-state index contributed by atoms with van der Waals surface area (Å²) in [5, 5.41) is 10.1. The molecule has 2 heterocycles. The third kappa shape index (κ3) is 3.58. The van der Waals surface area contributed by atoms with Gasteiger partial charge in [0.2, 0.25) is 0 Å². The van der Waals surface area contributed by atoms with Crippen LogP contribution in [0.15, 0.2) is 89.8 Å². The van der Waals surface area contributed by atoms with Crippen molar-refractivity contribution in [2.45, 2.75) is 17.9 Å². The Morgan fingerprint density at radius 3 is 2.09 bits per heavy atom. The summed E-state index contributed by atoms with van der Waals surface area (Å²) in [6.45, 7) is 1.94. The van der Waals surface area contributed by atoms with Gasteiger partial charge in [-0.15, -0.1) is 0 Å². The molecule has 1 atom stereocenters. The number of nitriles is 1. The highest BCUT2D eigenvalue weighted by Crippen LogP contribution is 2.35. The van der Waals surface area contributed by atoms with E-state index in [0.29, 0.717) is 22.2 Å². The first-order chi connectivity index (χ1) is 16.0. The van der Waals surface area contributed by atoms with Gasteiger partial charge in [0.1, 0.15) is 23.0 Å². The third-order valence-corrected chi connectivity index (χ3v) is 6.92. The van der Waals surface area contributed by atoms with E-state index < -0.39 is 10.0 Å². The maximum atomic E-state index is 13.2. The van der Waals surface area contributed by atoms with E-state index in [1.165, 1.54) is 12.1 Å². The molecular weight excluding hydrogens is 434 g/mol. The molecule has 162 valence electrons. The molecule has 1 N–H and O–H groups in total. The molecule has 0 saturated carbocycles. The molecule has 1 unspecified atom stereocenters. The first kappa shape index (κ1) is 20.7. The Morgan fingerprint density at radius 2 is 1.45 bits per heavy atom. The molecule has 0 fully saturated rings. The van der Waals surface area contributed by atoms with Crippen molar-refractivity contribution in [1.29, 1.82) is 5.26 Å². The molecule has 0 aliphatic heterocycles. The predicted octanol–water partition coefficient (Wildman–Crippen LogP) is 4.87. The molecule has 5 rings (SSSR count). The second-order valence-electron chi connectivity index (χ2n) is 7.60. The SMILES string of the molecule is CC(c1ccccc1)n1c(NS(=O)(=O)c2ccccc2)c(C#N)c2nc3ccccc3nc21. The number of sulfonamides is 1. The van der Waals surface area contributed by atoms with Crippen LogP contribution in [0.25, 0.3) is 22.2 Å². The Bertz CT molecular complexity index is 1620. The Balaban J connectivity index is 1.81. The van der Waals surface area contributed by atoms with Gasteiger partial charge in [0.05, 0.1) is 22.0 Å². The van der Waals surface area contributed by atoms with Crippen LogP contribution in [0, 0.1) is 11.3 Å². The van der Waals surface area contributed by atoms with Crippen LogP contribution in [0.3, 0.4) is 0 Å². The minimum Gasteiger partial charge on any atom is -0.302 e. The van der Waals surface area contributed by atoms with Crippen molar-refractivity contribution in [2.75, 3.05) is 4.72 Å². The average Bonchev–Trinajstić information content (AvgIpc) is 3.14. The molecule has 33 heavy (non-hydrogen) atoms. The summed E-state index contributed by atoms with van der Waals surface area (Å²) < 4.78 is 30.8. The van der Waals surface area contributed by atoms with Crippen molar-refractivity contribution in [3.8, 4) is 6.07 Å². The fraction of sp³-hybridized carbons (Fsp3) is 0.0800. The summed E-state index contributed by atoms with van der Waals surface area (Å²) in [4.78, 5) is 9.54. The summed E-state index contributed by atoms with van der Waals surface area (Å²) in [7, 11) is -3.96. The first-order valence-electron chi connectivity index (χ1n) is 10.3. The lowest BCUT2D eigenvalue weighted by atomic mass is 10.1. The molecular formula is C25H19N5O2S. The second kappa shape index (κ2) is 8.04. The number of benzene rings is 3. The van der Waals surface area contributed by atoms with Crippen molar-refractivity contribution in [3.05, 3.63) is 96.1 Å². The Hall–Kier alpha value is -4.22. The standard InChI is InChI=1S/C25H19N5O2S/c1-17(18-10-4-2-5-11-18)30-24(29-33(31,32)19-12-6-3-7-13-19)20(16-26)23-25(30)28-22-15-9-8-14-21(22)27-23/h2-15,17,29H,1H3. The van der Waals surface area contributed by atoms with Crippen molar-refractivity contribution in [2.24, 2.45) is 0 Å². The van der Waals surface area contributed by atoms with E-state index >= 15 is 0 Å².